The molecule has 96 valence electrons. The Labute approximate surface area is 115 Å². The van der Waals surface area contributed by atoms with Crippen LogP contribution in [0.25, 0.3) is 11.0 Å². The first-order chi connectivity index (χ1) is 9.33. The summed E-state index contributed by atoms with van der Waals surface area (Å²) >= 11 is 1.85. The fraction of sp³-hybridized carbons (Fsp3) is 0.267. The van der Waals surface area contributed by atoms with Crippen LogP contribution in [0, 0.1) is 6.92 Å². The molecule has 0 saturated carbocycles. The van der Waals surface area contributed by atoms with Gasteiger partial charge in [0.15, 0.2) is 0 Å². The summed E-state index contributed by atoms with van der Waals surface area (Å²) in [6, 6.07) is 8.70. The van der Waals surface area contributed by atoms with Gasteiger partial charge in [-0.15, -0.1) is 11.3 Å². The standard InChI is InChI=1S/C15H15N3S/c1-9-3-2-4-11-13(9)18-15(17-11)14-10-6-8-19-12(10)5-7-16-14/h2-4,6,8,14,16H,5,7H2,1H3,(H,17,18). The van der Waals surface area contributed by atoms with Crippen molar-refractivity contribution in [3.63, 3.8) is 0 Å². The third-order valence-electron chi connectivity index (χ3n) is 3.80. The fourth-order valence-electron chi connectivity index (χ4n) is 2.83. The number of nitrogens with one attached hydrogen (secondary N) is 2. The minimum absolute atomic E-state index is 0.210. The average molecular weight is 269 g/mol. The minimum atomic E-state index is 0.210. The van der Waals surface area contributed by atoms with Gasteiger partial charge in [0, 0.05) is 11.4 Å². The molecule has 1 aliphatic rings. The zero-order chi connectivity index (χ0) is 12.8. The lowest BCUT2D eigenvalue weighted by Crippen LogP contribution is -2.30. The molecule has 0 fully saturated rings. The zero-order valence-corrected chi connectivity index (χ0v) is 11.6. The van der Waals surface area contributed by atoms with Crippen LogP contribution >= 0.6 is 11.3 Å². The van der Waals surface area contributed by atoms with Crippen LogP contribution < -0.4 is 5.32 Å². The van der Waals surface area contributed by atoms with Crippen molar-refractivity contribution in [2.45, 2.75) is 19.4 Å². The van der Waals surface area contributed by atoms with Crippen molar-refractivity contribution in [3.8, 4) is 0 Å². The summed E-state index contributed by atoms with van der Waals surface area (Å²) in [7, 11) is 0. The number of thiophene rings is 1. The summed E-state index contributed by atoms with van der Waals surface area (Å²) in [6.07, 6.45) is 1.13. The van der Waals surface area contributed by atoms with E-state index in [-0.39, 0.29) is 6.04 Å². The predicted octanol–water partition coefficient (Wildman–Crippen LogP) is 3.17. The van der Waals surface area contributed by atoms with Crippen LogP contribution in [0.3, 0.4) is 0 Å². The van der Waals surface area contributed by atoms with Crippen LogP contribution in [0.2, 0.25) is 0 Å². The van der Waals surface area contributed by atoms with Crippen molar-refractivity contribution in [2.75, 3.05) is 6.54 Å². The largest absolute Gasteiger partial charge is 0.340 e. The molecule has 0 bridgehead atoms. The molecule has 0 saturated heterocycles. The first-order valence-electron chi connectivity index (χ1n) is 6.58. The number of hydrogen-bond acceptors (Lipinski definition) is 3. The van der Waals surface area contributed by atoms with Gasteiger partial charge in [0.05, 0.1) is 17.1 Å². The molecular weight excluding hydrogens is 254 g/mol. The monoisotopic (exact) mass is 269 g/mol. The summed E-state index contributed by atoms with van der Waals surface area (Å²) in [6.45, 7) is 3.13. The van der Waals surface area contributed by atoms with Crippen LogP contribution in [-0.4, -0.2) is 16.5 Å². The number of aromatic nitrogens is 2. The Bertz CT molecular complexity index is 741. The molecule has 19 heavy (non-hydrogen) atoms. The number of aromatic amines is 1. The second kappa shape index (κ2) is 4.18. The van der Waals surface area contributed by atoms with Crippen LogP contribution in [0.4, 0.5) is 0 Å². The highest BCUT2D eigenvalue weighted by Gasteiger charge is 2.24. The van der Waals surface area contributed by atoms with Crippen molar-refractivity contribution in [1.29, 1.82) is 0 Å². The molecule has 1 aromatic carbocycles. The maximum absolute atomic E-state index is 4.80. The number of fused-ring (bicyclic) bond motifs is 2. The van der Waals surface area contributed by atoms with E-state index < -0.39 is 0 Å². The zero-order valence-electron chi connectivity index (χ0n) is 10.7. The van der Waals surface area contributed by atoms with Gasteiger partial charge in [-0.3, -0.25) is 0 Å². The molecule has 3 aromatic rings. The molecule has 0 aliphatic carbocycles. The van der Waals surface area contributed by atoms with E-state index in [1.165, 1.54) is 16.0 Å². The number of imidazole rings is 1. The number of rotatable bonds is 1. The SMILES string of the molecule is Cc1cccc2[nH]c(C3NCCc4sccc43)nc12. The Morgan fingerprint density at radius 3 is 3.16 bits per heavy atom. The molecule has 3 nitrogen and oxygen atoms in total. The Hall–Kier alpha value is -1.65. The highest BCUT2D eigenvalue weighted by Crippen LogP contribution is 2.31. The third kappa shape index (κ3) is 1.71. The van der Waals surface area contributed by atoms with Crippen molar-refractivity contribution in [3.05, 3.63) is 51.5 Å². The third-order valence-corrected chi connectivity index (χ3v) is 4.79. The summed E-state index contributed by atoms with van der Waals surface area (Å²) in [5.74, 6) is 1.03. The summed E-state index contributed by atoms with van der Waals surface area (Å²) in [5.41, 5.74) is 4.81. The second-order valence-corrected chi connectivity index (χ2v) is 6.03. The molecule has 2 N–H and O–H groups in total. The van der Waals surface area contributed by atoms with Gasteiger partial charge < -0.3 is 10.3 Å². The first kappa shape index (κ1) is 11.2. The molecular formula is C15H15N3S. The maximum Gasteiger partial charge on any atom is 0.129 e. The number of aryl methyl sites for hydroxylation is 1. The molecule has 0 amide bonds. The van der Waals surface area contributed by atoms with Gasteiger partial charge in [-0.1, -0.05) is 12.1 Å². The van der Waals surface area contributed by atoms with E-state index in [1.54, 1.807) is 0 Å². The minimum Gasteiger partial charge on any atom is -0.340 e. The smallest absolute Gasteiger partial charge is 0.129 e. The van der Waals surface area contributed by atoms with E-state index >= 15 is 0 Å². The van der Waals surface area contributed by atoms with Crippen LogP contribution in [0.15, 0.2) is 29.6 Å². The van der Waals surface area contributed by atoms with Crippen LogP contribution in [0.1, 0.15) is 27.9 Å². The van der Waals surface area contributed by atoms with E-state index in [9.17, 15) is 0 Å². The Balaban J connectivity index is 1.86. The van der Waals surface area contributed by atoms with E-state index in [4.69, 9.17) is 4.98 Å². The molecule has 0 spiro atoms. The Kier molecular flexibility index (Phi) is 2.47. The van der Waals surface area contributed by atoms with Crippen LogP contribution in [0.5, 0.6) is 0 Å². The number of para-hydroxylation sites is 1. The fourth-order valence-corrected chi connectivity index (χ4v) is 3.75. The van der Waals surface area contributed by atoms with Gasteiger partial charge in [-0.25, -0.2) is 4.98 Å². The van der Waals surface area contributed by atoms with Crippen molar-refractivity contribution in [2.24, 2.45) is 0 Å². The lowest BCUT2D eigenvalue weighted by atomic mass is 10.0. The summed E-state index contributed by atoms with van der Waals surface area (Å²) < 4.78 is 0. The second-order valence-electron chi connectivity index (χ2n) is 5.03. The van der Waals surface area contributed by atoms with E-state index in [2.05, 4.69) is 46.9 Å². The van der Waals surface area contributed by atoms with Crippen molar-refractivity contribution in [1.82, 2.24) is 15.3 Å². The maximum atomic E-state index is 4.80. The predicted molar refractivity (Wildman–Crippen MR) is 78.7 cm³/mol. The van der Waals surface area contributed by atoms with E-state index in [0.29, 0.717) is 0 Å². The molecule has 3 heterocycles. The van der Waals surface area contributed by atoms with Gasteiger partial charge >= 0.3 is 0 Å². The number of hydrogen-bond donors (Lipinski definition) is 2. The molecule has 4 rings (SSSR count). The molecule has 0 radical (unpaired) electrons. The molecule has 1 unspecified atom stereocenters. The molecule has 2 aromatic heterocycles. The average Bonchev–Trinajstić information content (AvgIpc) is 3.05. The van der Waals surface area contributed by atoms with Gasteiger partial charge in [-0.2, -0.15) is 0 Å². The topological polar surface area (TPSA) is 40.7 Å². The molecule has 1 atom stereocenters. The molecule has 4 heteroatoms. The first-order valence-corrected chi connectivity index (χ1v) is 7.46. The highest BCUT2D eigenvalue weighted by atomic mass is 32.1. The van der Waals surface area contributed by atoms with Crippen molar-refractivity contribution < 1.29 is 0 Å². The van der Waals surface area contributed by atoms with Gasteiger partial charge in [0.1, 0.15) is 5.82 Å². The molecule has 1 aliphatic heterocycles. The number of nitrogens with zero attached hydrogens (tertiary/aromatic N) is 1. The van der Waals surface area contributed by atoms with E-state index in [0.717, 1.165) is 29.8 Å². The quantitative estimate of drug-likeness (QED) is 0.712. The summed E-state index contributed by atoms with van der Waals surface area (Å²) in [4.78, 5) is 9.76. The lowest BCUT2D eigenvalue weighted by Gasteiger charge is -2.22. The number of H-pyrrole nitrogens is 1. The van der Waals surface area contributed by atoms with Crippen molar-refractivity contribution >= 4 is 22.4 Å². The van der Waals surface area contributed by atoms with Gasteiger partial charge in [-0.05, 0) is 42.0 Å². The Morgan fingerprint density at radius 1 is 1.32 bits per heavy atom. The Morgan fingerprint density at radius 2 is 2.26 bits per heavy atom. The summed E-state index contributed by atoms with van der Waals surface area (Å²) in [5, 5.41) is 5.75. The lowest BCUT2D eigenvalue weighted by molar-refractivity contribution is 0.555. The van der Waals surface area contributed by atoms with E-state index in [1.807, 2.05) is 11.3 Å². The van der Waals surface area contributed by atoms with Gasteiger partial charge in [0.25, 0.3) is 0 Å². The normalized spacial score (nSPS) is 18.7. The van der Waals surface area contributed by atoms with Gasteiger partial charge in [0.2, 0.25) is 0 Å². The number of benzene rings is 1. The van der Waals surface area contributed by atoms with Crippen LogP contribution in [-0.2, 0) is 6.42 Å². The highest BCUT2D eigenvalue weighted by molar-refractivity contribution is 7.10.